The van der Waals surface area contributed by atoms with Gasteiger partial charge in [0.1, 0.15) is 5.69 Å². The van der Waals surface area contributed by atoms with E-state index in [1.807, 2.05) is 0 Å². The van der Waals surface area contributed by atoms with Gasteiger partial charge < -0.3 is 5.73 Å². The highest BCUT2D eigenvalue weighted by molar-refractivity contribution is 5.19. The molecule has 0 amide bonds. The fourth-order valence-electron chi connectivity index (χ4n) is 1.04. The summed E-state index contributed by atoms with van der Waals surface area (Å²) in [4.78, 5) is 3.60. The minimum atomic E-state index is -2.87. The van der Waals surface area contributed by atoms with Gasteiger partial charge in [-0.3, -0.25) is 4.98 Å². The van der Waals surface area contributed by atoms with Crippen LogP contribution in [-0.2, 0) is 12.3 Å². The third-order valence-corrected chi connectivity index (χ3v) is 1.71. The minimum Gasteiger partial charge on any atom is -0.330 e. The van der Waals surface area contributed by atoms with Gasteiger partial charge in [-0.05, 0) is 30.7 Å². The molecule has 0 bridgehead atoms. The van der Waals surface area contributed by atoms with Crippen molar-refractivity contribution in [3.05, 3.63) is 29.6 Å². The molecule has 0 aliphatic carbocycles. The van der Waals surface area contributed by atoms with Crippen LogP contribution in [0.15, 0.2) is 18.3 Å². The Morgan fingerprint density at radius 1 is 1.54 bits per heavy atom. The standard InChI is InChI=1S/C9H12F2N2/c1-9(10,11)8-6-7(2-4-12)3-5-13-8/h3,5-6H,2,4,12H2,1H3. The Morgan fingerprint density at radius 2 is 2.23 bits per heavy atom. The molecule has 2 nitrogen and oxygen atoms in total. The maximum absolute atomic E-state index is 12.8. The molecule has 0 saturated carbocycles. The van der Waals surface area contributed by atoms with Crippen molar-refractivity contribution in [1.82, 2.24) is 4.98 Å². The number of nitrogens with two attached hydrogens (primary N) is 1. The zero-order chi connectivity index (χ0) is 9.90. The molecule has 1 heterocycles. The minimum absolute atomic E-state index is 0.196. The summed E-state index contributed by atoms with van der Waals surface area (Å²) in [5.74, 6) is -2.87. The molecule has 0 spiro atoms. The second-order valence-corrected chi connectivity index (χ2v) is 2.98. The summed E-state index contributed by atoms with van der Waals surface area (Å²) in [7, 11) is 0. The molecule has 0 radical (unpaired) electrons. The molecule has 72 valence electrons. The quantitative estimate of drug-likeness (QED) is 0.780. The molecule has 1 aromatic heterocycles. The summed E-state index contributed by atoms with van der Waals surface area (Å²) in [5, 5.41) is 0. The lowest BCUT2D eigenvalue weighted by Gasteiger charge is -2.10. The van der Waals surface area contributed by atoms with Crippen molar-refractivity contribution in [2.24, 2.45) is 5.73 Å². The number of hydrogen-bond acceptors (Lipinski definition) is 2. The van der Waals surface area contributed by atoms with Crippen molar-refractivity contribution in [2.75, 3.05) is 6.54 Å². The molecule has 1 aromatic rings. The summed E-state index contributed by atoms with van der Waals surface area (Å²) in [6, 6.07) is 3.09. The molecule has 4 heteroatoms. The molecule has 13 heavy (non-hydrogen) atoms. The maximum Gasteiger partial charge on any atom is 0.286 e. The fraction of sp³-hybridized carbons (Fsp3) is 0.444. The van der Waals surface area contributed by atoms with Gasteiger partial charge in [-0.25, -0.2) is 0 Å². The first-order valence-electron chi connectivity index (χ1n) is 4.07. The number of pyridine rings is 1. The highest BCUT2D eigenvalue weighted by Crippen LogP contribution is 2.25. The van der Waals surface area contributed by atoms with Crippen molar-refractivity contribution < 1.29 is 8.78 Å². The second kappa shape index (κ2) is 3.79. The van der Waals surface area contributed by atoms with E-state index in [0.29, 0.717) is 13.0 Å². The van der Waals surface area contributed by atoms with Crippen LogP contribution in [0, 0.1) is 0 Å². The van der Waals surface area contributed by atoms with Gasteiger partial charge in [-0.15, -0.1) is 0 Å². The van der Waals surface area contributed by atoms with E-state index in [4.69, 9.17) is 5.73 Å². The van der Waals surface area contributed by atoms with E-state index >= 15 is 0 Å². The van der Waals surface area contributed by atoms with E-state index in [1.54, 1.807) is 6.07 Å². The number of aromatic nitrogens is 1. The Morgan fingerprint density at radius 3 is 2.77 bits per heavy atom. The van der Waals surface area contributed by atoms with E-state index in [0.717, 1.165) is 12.5 Å². The first-order valence-corrected chi connectivity index (χ1v) is 4.07. The van der Waals surface area contributed by atoms with Crippen molar-refractivity contribution >= 4 is 0 Å². The van der Waals surface area contributed by atoms with E-state index in [9.17, 15) is 8.78 Å². The van der Waals surface area contributed by atoms with Gasteiger partial charge in [0.15, 0.2) is 0 Å². The van der Waals surface area contributed by atoms with Gasteiger partial charge in [-0.2, -0.15) is 8.78 Å². The normalized spacial score (nSPS) is 11.7. The Kier molecular flexibility index (Phi) is 2.93. The molecule has 2 N–H and O–H groups in total. The number of nitrogens with zero attached hydrogens (tertiary/aromatic N) is 1. The van der Waals surface area contributed by atoms with Gasteiger partial charge in [0.05, 0.1) is 0 Å². The van der Waals surface area contributed by atoms with E-state index in [2.05, 4.69) is 4.98 Å². The predicted octanol–water partition coefficient (Wildman–Crippen LogP) is 1.69. The van der Waals surface area contributed by atoms with E-state index < -0.39 is 5.92 Å². The van der Waals surface area contributed by atoms with Crippen LogP contribution >= 0.6 is 0 Å². The molecule has 0 saturated heterocycles. The third kappa shape index (κ3) is 2.73. The van der Waals surface area contributed by atoms with Gasteiger partial charge in [0.25, 0.3) is 5.92 Å². The summed E-state index contributed by atoms with van der Waals surface area (Å²) >= 11 is 0. The zero-order valence-corrected chi connectivity index (χ0v) is 7.43. The lowest BCUT2D eigenvalue weighted by atomic mass is 10.1. The van der Waals surface area contributed by atoms with Crippen LogP contribution in [0.4, 0.5) is 8.78 Å². The molecular weight excluding hydrogens is 174 g/mol. The Labute approximate surface area is 75.8 Å². The van der Waals surface area contributed by atoms with Crippen LogP contribution in [-0.4, -0.2) is 11.5 Å². The number of halogens is 2. The van der Waals surface area contributed by atoms with Crippen molar-refractivity contribution in [3.8, 4) is 0 Å². The van der Waals surface area contributed by atoms with Crippen LogP contribution in [0.5, 0.6) is 0 Å². The SMILES string of the molecule is CC(F)(F)c1cc(CCN)ccn1. The van der Waals surface area contributed by atoms with Crippen molar-refractivity contribution in [2.45, 2.75) is 19.3 Å². The molecular formula is C9H12F2N2. The number of alkyl halides is 2. The van der Waals surface area contributed by atoms with Crippen molar-refractivity contribution in [1.29, 1.82) is 0 Å². The molecule has 0 atom stereocenters. The lowest BCUT2D eigenvalue weighted by Crippen LogP contribution is -2.11. The van der Waals surface area contributed by atoms with Crippen molar-refractivity contribution in [3.63, 3.8) is 0 Å². The van der Waals surface area contributed by atoms with Crippen LogP contribution in [0.25, 0.3) is 0 Å². The van der Waals surface area contributed by atoms with Crippen LogP contribution < -0.4 is 5.73 Å². The van der Waals surface area contributed by atoms with E-state index in [-0.39, 0.29) is 5.69 Å². The molecule has 1 rings (SSSR count). The Bertz CT molecular complexity index is 281. The molecule has 0 aliphatic rings. The molecule has 0 fully saturated rings. The monoisotopic (exact) mass is 186 g/mol. The average molecular weight is 186 g/mol. The van der Waals surface area contributed by atoms with Crippen LogP contribution in [0.3, 0.4) is 0 Å². The Balaban J connectivity index is 2.92. The zero-order valence-electron chi connectivity index (χ0n) is 7.43. The number of rotatable bonds is 3. The molecule has 0 aliphatic heterocycles. The second-order valence-electron chi connectivity index (χ2n) is 2.98. The highest BCUT2D eigenvalue weighted by atomic mass is 19.3. The van der Waals surface area contributed by atoms with Crippen LogP contribution in [0.1, 0.15) is 18.2 Å². The smallest absolute Gasteiger partial charge is 0.286 e. The fourth-order valence-corrected chi connectivity index (χ4v) is 1.04. The summed E-state index contributed by atoms with van der Waals surface area (Å²) in [6.45, 7) is 1.29. The van der Waals surface area contributed by atoms with Gasteiger partial charge in [0, 0.05) is 13.1 Å². The van der Waals surface area contributed by atoms with Crippen LogP contribution in [0.2, 0.25) is 0 Å². The topological polar surface area (TPSA) is 38.9 Å². The average Bonchev–Trinajstić information content (AvgIpc) is 2.04. The molecule has 0 unspecified atom stereocenters. The largest absolute Gasteiger partial charge is 0.330 e. The first-order chi connectivity index (χ1) is 6.04. The van der Waals surface area contributed by atoms with Gasteiger partial charge >= 0.3 is 0 Å². The lowest BCUT2D eigenvalue weighted by molar-refractivity contribution is 0.0127. The van der Waals surface area contributed by atoms with E-state index in [1.165, 1.54) is 12.3 Å². The highest BCUT2D eigenvalue weighted by Gasteiger charge is 2.25. The summed E-state index contributed by atoms with van der Waals surface area (Å²) < 4.78 is 25.6. The predicted molar refractivity (Wildman–Crippen MR) is 46.6 cm³/mol. The first kappa shape index (κ1) is 10.1. The number of hydrogen-bond donors (Lipinski definition) is 1. The summed E-state index contributed by atoms with van der Waals surface area (Å²) in [6.07, 6.45) is 1.99. The maximum atomic E-state index is 12.8. The Hall–Kier alpha value is -1.03. The molecule has 0 aromatic carbocycles. The third-order valence-electron chi connectivity index (χ3n) is 1.71. The summed E-state index contributed by atoms with van der Waals surface area (Å²) in [5.41, 5.74) is 5.92. The van der Waals surface area contributed by atoms with Gasteiger partial charge in [0.2, 0.25) is 0 Å². The van der Waals surface area contributed by atoms with Gasteiger partial charge in [-0.1, -0.05) is 0 Å².